The summed E-state index contributed by atoms with van der Waals surface area (Å²) in [6, 6.07) is 24.0. The number of carboxylic acids is 2. The Hall–Kier alpha value is -7.86. The number of aliphatic carboxylic acids is 2. The molecule has 0 amide bonds. The molecule has 4 aliphatic heterocycles. The number of aryl methyl sites for hydroxylation is 3. The van der Waals surface area contributed by atoms with Crippen molar-refractivity contribution in [2.45, 2.75) is 53.4 Å². The molecule has 0 fully saturated rings. The van der Waals surface area contributed by atoms with Gasteiger partial charge in [0.05, 0.1) is 45.6 Å². The minimum atomic E-state index is -0.898. The van der Waals surface area contributed by atoms with Gasteiger partial charge in [-0.05, 0) is 136 Å². The molecule has 0 saturated heterocycles. The van der Waals surface area contributed by atoms with E-state index in [0.29, 0.717) is 40.8 Å². The summed E-state index contributed by atoms with van der Waals surface area (Å²) in [5, 5.41) is 18.9. The van der Waals surface area contributed by atoms with Crippen LogP contribution in [0.4, 0.5) is 0 Å². The van der Waals surface area contributed by atoms with Crippen LogP contribution in [0.2, 0.25) is 0 Å². The molecule has 6 aromatic rings. The van der Waals surface area contributed by atoms with Crippen molar-refractivity contribution in [1.29, 1.82) is 0 Å². The van der Waals surface area contributed by atoms with E-state index in [1.807, 2.05) is 94.5 Å². The molecule has 10 heterocycles. The van der Waals surface area contributed by atoms with Crippen molar-refractivity contribution < 1.29 is 36.9 Å². The maximum atomic E-state index is 11.5. The molecule has 4 aliphatic rings. The van der Waals surface area contributed by atoms with Crippen LogP contribution < -0.4 is 9.97 Å². The van der Waals surface area contributed by atoms with Crippen LogP contribution in [-0.2, 0) is 33.1 Å². The molecule has 10 rings (SSSR count). The number of nitrogens with zero attached hydrogens (tertiary/aromatic N) is 6. The molecule has 0 aromatic carbocycles. The Balaban J connectivity index is 0.000000205. The molecule has 334 valence electrons. The van der Waals surface area contributed by atoms with Crippen LogP contribution in [0, 0.1) is 13.8 Å². The first-order valence-corrected chi connectivity index (χ1v) is 21.6. The van der Waals surface area contributed by atoms with E-state index in [1.165, 1.54) is 0 Å². The monoisotopic (exact) mass is 926 g/mol. The van der Waals surface area contributed by atoms with E-state index in [9.17, 15) is 19.8 Å². The molecular formula is C54H46FeN8O4. The Kier molecular flexibility index (Phi) is 12.9. The van der Waals surface area contributed by atoms with Gasteiger partial charge in [-0.3, -0.25) is 9.59 Å². The summed E-state index contributed by atoms with van der Waals surface area (Å²) in [5.74, 6) is -1.80. The van der Waals surface area contributed by atoms with Gasteiger partial charge in [0.2, 0.25) is 0 Å². The zero-order chi connectivity index (χ0) is 46.2. The number of allylic oxidation sites excluding steroid dienone is 5. The fourth-order valence-corrected chi connectivity index (χ4v) is 8.56. The van der Waals surface area contributed by atoms with E-state index in [1.54, 1.807) is 12.2 Å². The molecule has 67 heavy (non-hydrogen) atoms. The number of nitrogens with one attached hydrogen (secondary N) is 2. The molecule has 4 N–H and O–H groups in total. The molecule has 0 saturated carbocycles. The number of aromatic nitrogens is 8. The van der Waals surface area contributed by atoms with Crippen molar-refractivity contribution in [2.75, 3.05) is 0 Å². The summed E-state index contributed by atoms with van der Waals surface area (Å²) in [5.41, 5.74) is 20.5. The molecule has 0 spiro atoms. The zero-order valence-electron chi connectivity index (χ0n) is 37.4. The molecule has 16 bridgehead atoms. The van der Waals surface area contributed by atoms with Crippen molar-refractivity contribution in [2.24, 2.45) is 0 Å². The van der Waals surface area contributed by atoms with Crippen LogP contribution in [0.5, 0.6) is 0 Å². The first-order chi connectivity index (χ1) is 31.8. The van der Waals surface area contributed by atoms with E-state index in [4.69, 9.17) is 19.9 Å². The number of hydrogen-bond acceptors (Lipinski definition) is 6. The minimum absolute atomic E-state index is 0. The second-order valence-corrected chi connectivity index (χ2v) is 16.5. The number of aromatic amines is 2. The fraction of sp³-hybridized carbons (Fsp3) is 0.148. The van der Waals surface area contributed by atoms with Crippen molar-refractivity contribution in [1.82, 2.24) is 39.9 Å². The first-order valence-electron chi connectivity index (χ1n) is 21.6. The van der Waals surface area contributed by atoms with Crippen molar-refractivity contribution >= 4 is 109 Å². The average molecular weight is 927 g/mol. The minimum Gasteiger partial charge on any atom is -0.657 e. The fourth-order valence-electron chi connectivity index (χ4n) is 8.56. The zero-order valence-corrected chi connectivity index (χ0v) is 38.5. The number of rotatable bonds is 8. The Morgan fingerprint density at radius 1 is 0.552 bits per heavy atom. The van der Waals surface area contributed by atoms with Gasteiger partial charge in [-0.25, -0.2) is 19.9 Å². The van der Waals surface area contributed by atoms with Crippen LogP contribution in [-0.4, -0.2) is 52.1 Å². The number of H-pyrrole nitrogens is 2. The van der Waals surface area contributed by atoms with Crippen molar-refractivity contribution in [3.63, 3.8) is 0 Å². The van der Waals surface area contributed by atoms with Gasteiger partial charge in [0.1, 0.15) is 0 Å². The molecule has 13 heteroatoms. The van der Waals surface area contributed by atoms with E-state index in [-0.39, 0.29) is 29.9 Å². The quantitative estimate of drug-likeness (QED) is 0.107. The molecule has 0 radical (unpaired) electrons. The maximum absolute atomic E-state index is 11.5. The average Bonchev–Trinajstić information content (AvgIpc) is 4.17. The number of fused-ring (bicyclic) bond motifs is 16. The van der Waals surface area contributed by atoms with E-state index >= 15 is 0 Å². The van der Waals surface area contributed by atoms with Crippen molar-refractivity contribution in [3.05, 3.63) is 160 Å². The number of hydrogen-bond donors (Lipinski definition) is 4. The van der Waals surface area contributed by atoms with Crippen LogP contribution in [0.1, 0.15) is 101 Å². The Labute approximate surface area is 396 Å². The largest absolute Gasteiger partial charge is 2.00 e. The second-order valence-electron chi connectivity index (χ2n) is 16.5. The van der Waals surface area contributed by atoms with Crippen LogP contribution >= 0.6 is 0 Å². The number of carboxylic acid groups (broad SMARTS) is 2. The molecule has 0 unspecified atom stereocenters. The van der Waals surface area contributed by atoms with E-state index in [2.05, 4.69) is 63.4 Å². The van der Waals surface area contributed by atoms with E-state index in [0.717, 1.165) is 106 Å². The molecular weight excluding hydrogens is 880 g/mol. The third-order valence-electron chi connectivity index (χ3n) is 12.1. The summed E-state index contributed by atoms with van der Waals surface area (Å²) in [6.07, 6.45) is 12.1. The molecule has 12 nitrogen and oxygen atoms in total. The predicted molar refractivity (Wildman–Crippen MR) is 265 cm³/mol. The third-order valence-corrected chi connectivity index (χ3v) is 12.1. The first kappa shape index (κ1) is 45.7. The van der Waals surface area contributed by atoms with Crippen LogP contribution in [0.3, 0.4) is 0 Å². The molecule has 6 aromatic heterocycles. The SMILES string of the molecule is C1=Cc2cc3ccc(cc4ccc(cc5nc(cc1n2)C=C5)[nH]4)[nH]3.C=CC1=C(C)c2cc3[n-]c(cc4nc(cc5[n-]c(cc1n2)c(C)c5C=C)C(C)=C4CCC(=O)O)c(CCC(=O)O)c3C.[Fe+2]. The number of carbonyl (C=O) groups is 2. The standard InChI is InChI=1S/C34H34N4O4.C20H14N4.Fe/c1-7-21-17(3)25-13-26-19(5)23(9-11-33(39)40)31(37-26)16-32-24(10-12-34(41)42)20(6)28(38-32)15-30-22(8-2)18(4)27(36-30)14-29(21)35-25;1-2-14-10-16-5-6-18(23-16)12-20-8-7-19(24-20)11-17-4-3-15(22-17)9-13(1)21-14;/h7-8,13-16H,1-2,9-12H2,3-6H3,(H4,35,36,37,38,39,40,41,42);1-12,21-22H;/q;;+2/p-2. The van der Waals surface area contributed by atoms with Crippen LogP contribution in [0.25, 0.3) is 96.8 Å². The smallest absolute Gasteiger partial charge is 0.657 e. The topological polar surface area (TPSA) is 186 Å². The van der Waals surface area contributed by atoms with Gasteiger partial charge >= 0.3 is 29.0 Å². The molecule has 0 aliphatic carbocycles. The maximum Gasteiger partial charge on any atom is 2.00 e. The van der Waals surface area contributed by atoms with Gasteiger partial charge in [0, 0.05) is 40.5 Å². The van der Waals surface area contributed by atoms with Gasteiger partial charge in [-0.1, -0.05) is 66.3 Å². The Morgan fingerprint density at radius 3 is 1.61 bits per heavy atom. The Morgan fingerprint density at radius 2 is 1.03 bits per heavy atom. The van der Waals surface area contributed by atoms with Gasteiger partial charge in [0.25, 0.3) is 0 Å². The second kappa shape index (κ2) is 18.9. The van der Waals surface area contributed by atoms with Gasteiger partial charge in [-0.2, -0.15) is 0 Å². The van der Waals surface area contributed by atoms with Gasteiger partial charge in [0.15, 0.2) is 0 Å². The summed E-state index contributed by atoms with van der Waals surface area (Å²) >= 11 is 0. The molecule has 0 atom stereocenters. The summed E-state index contributed by atoms with van der Waals surface area (Å²) < 4.78 is 0. The van der Waals surface area contributed by atoms with Crippen LogP contribution in [0.15, 0.2) is 92.0 Å². The van der Waals surface area contributed by atoms with E-state index < -0.39 is 11.9 Å². The summed E-state index contributed by atoms with van der Waals surface area (Å²) in [6.45, 7) is 15.9. The summed E-state index contributed by atoms with van der Waals surface area (Å²) in [7, 11) is 0. The predicted octanol–water partition coefficient (Wildman–Crippen LogP) is 11.4. The van der Waals surface area contributed by atoms with Crippen molar-refractivity contribution in [3.8, 4) is 0 Å². The third kappa shape index (κ3) is 9.60. The van der Waals surface area contributed by atoms with Gasteiger partial charge < -0.3 is 30.1 Å². The Bertz CT molecular complexity index is 3450. The summed E-state index contributed by atoms with van der Waals surface area (Å²) in [4.78, 5) is 58.8. The normalized spacial score (nSPS) is 12.7. The van der Waals surface area contributed by atoms with Gasteiger partial charge in [-0.15, -0.1) is 22.1 Å².